The highest BCUT2D eigenvalue weighted by Gasteiger charge is 2.10. The molecule has 0 aliphatic carbocycles. The molecule has 0 spiro atoms. The van der Waals surface area contributed by atoms with Crippen LogP contribution in [0.15, 0.2) is 24.3 Å². The lowest BCUT2D eigenvalue weighted by Crippen LogP contribution is -2.19. The SMILES string of the molecule is CO[Si](CCCOc1cccc(N)c1)OC. The minimum atomic E-state index is -1.09. The monoisotopic (exact) mass is 240 g/mol. The van der Waals surface area contributed by atoms with E-state index < -0.39 is 9.28 Å². The number of nitrogen functional groups attached to an aromatic ring is 1. The highest BCUT2D eigenvalue weighted by molar-refractivity contribution is 6.44. The average Bonchev–Trinajstić information content (AvgIpc) is 2.29. The van der Waals surface area contributed by atoms with Gasteiger partial charge in [-0.1, -0.05) is 6.07 Å². The van der Waals surface area contributed by atoms with Gasteiger partial charge in [0.1, 0.15) is 5.75 Å². The molecule has 4 nitrogen and oxygen atoms in total. The Hall–Kier alpha value is -1.04. The van der Waals surface area contributed by atoms with E-state index >= 15 is 0 Å². The first kappa shape index (κ1) is 13.0. The quantitative estimate of drug-likeness (QED) is 0.449. The third-order valence-electron chi connectivity index (χ3n) is 2.11. The summed E-state index contributed by atoms with van der Waals surface area (Å²) in [6.07, 6.45) is 0.921. The van der Waals surface area contributed by atoms with Gasteiger partial charge >= 0.3 is 9.28 Å². The first-order chi connectivity index (χ1) is 7.76. The Kier molecular flexibility index (Phi) is 5.91. The molecule has 16 heavy (non-hydrogen) atoms. The van der Waals surface area contributed by atoms with E-state index in [0.717, 1.165) is 23.9 Å². The van der Waals surface area contributed by atoms with Crippen LogP contribution in [0.1, 0.15) is 6.42 Å². The van der Waals surface area contributed by atoms with Gasteiger partial charge in [-0.2, -0.15) is 0 Å². The molecule has 1 aromatic carbocycles. The Balaban J connectivity index is 2.20. The molecule has 0 heterocycles. The predicted octanol–water partition coefficient (Wildman–Crippen LogP) is 1.82. The summed E-state index contributed by atoms with van der Waals surface area (Å²) in [6, 6.07) is 8.35. The van der Waals surface area contributed by atoms with Crippen LogP contribution in [0.4, 0.5) is 5.69 Å². The summed E-state index contributed by atoms with van der Waals surface area (Å²) in [6.45, 7) is 0.657. The van der Waals surface area contributed by atoms with Crippen molar-refractivity contribution in [3.05, 3.63) is 24.3 Å². The number of ether oxygens (including phenoxy) is 1. The molecule has 0 amide bonds. The van der Waals surface area contributed by atoms with Gasteiger partial charge in [0.2, 0.25) is 0 Å². The zero-order valence-electron chi connectivity index (χ0n) is 9.73. The van der Waals surface area contributed by atoms with E-state index in [9.17, 15) is 0 Å². The normalized spacial score (nSPS) is 10.7. The number of nitrogens with two attached hydrogens (primary N) is 1. The molecule has 0 atom stereocenters. The maximum Gasteiger partial charge on any atom is 0.384 e. The molecule has 1 rings (SSSR count). The van der Waals surface area contributed by atoms with Crippen LogP contribution in [0.5, 0.6) is 5.75 Å². The van der Waals surface area contributed by atoms with Crippen molar-refractivity contribution in [2.24, 2.45) is 0 Å². The van der Waals surface area contributed by atoms with Gasteiger partial charge in [0.05, 0.1) is 6.61 Å². The van der Waals surface area contributed by atoms with Crippen LogP contribution < -0.4 is 10.5 Å². The van der Waals surface area contributed by atoms with Crippen molar-refractivity contribution in [3.63, 3.8) is 0 Å². The van der Waals surface area contributed by atoms with Gasteiger partial charge in [-0.15, -0.1) is 0 Å². The highest BCUT2D eigenvalue weighted by atomic mass is 28.3. The minimum absolute atomic E-state index is 0.657. The lowest BCUT2D eigenvalue weighted by atomic mass is 10.3. The molecule has 0 aromatic heterocycles. The summed E-state index contributed by atoms with van der Waals surface area (Å²) in [5.41, 5.74) is 6.36. The second-order valence-electron chi connectivity index (χ2n) is 3.30. The summed E-state index contributed by atoms with van der Waals surface area (Å²) >= 11 is 0. The molecule has 0 saturated carbocycles. The van der Waals surface area contributed by atoms with Crippen LogP contribution in [-0.2, 0) is 8.85 Å². The Labute approximate surface area is 98.2 Å². The third kappa shape index (κ3) is 4.65. The molecule has 0 saturated heterocycles. The molecule has 0 aliphatic rings. The van der Waals surface area contributed by atoms with Crippen LogP contribution in [-0.4, -0.2) is 30.1 Å². The third-order valence-corrected chi connectivity index (χ3v) is 3.78. The van der Waals surface area contributed by atoms with Gasteiger partial charge in [-0.25, -0.2) is 0 Å². The van der Waals surface area contributed by atoms with Crippen molar-refractivity contribution >= 4 is 15.0 Å². The molecule has 1 radical (unpaired) electrons. The van der Waals surface area contributed by atoms with Crippen LogP contribution in [0.25, 0.3) is 0 Å². The van der Waals surface area contributed by atoms with E-state index in [1.165, 1.54) is 0 Å². The first-order valence-electron chi connectivity index (χ1n) is 5.18. The van der Waals surface area contributed by atoms with Crippen molar-refractivity contribution < 1.29 is 13.6 Å². The van der Waals surface area contributed by atoms with Gasteiger partial charge < -0.3 is 19.3 Å². The van der Waals surface area contributed by atoms with E-state index in [4.69, 9.17) is 19.3 Å². The van der Waals surface area contributed by atoms with E-state index in [-0.39, 0.29) is 0 Å². The number of anilines is 1. The van der Waals surface area contributed by atoms with Gasteiger partial charge in [-0.3, -0.25) is 0 Å². The van der Waals surface area contributed by atoms with Crippen molar-refractivity contribution in [2.45, 2.75) is 12.5 Å². The van der Waals surface area contributed by atoms with E-state index in [1.54, 1.807) is 14.2 Å². The van der Waals surface area contributed by atoms with Crippen LogP contribution in [0.2, 0.25) is 6.04 Å². The van der Waals surface area contributed by atoms with E-state index in [2.05, 4.69) is 0 Å². The molecule has 0 unspecified atom stereocenters. The molecule has 0 aliphatic heterocycles. The molecule has 1 aromatic rings. The lowest BCUT2D eigenvalue weighted by Gasteiger charge is -2.10. The molecule has 0 fully saturated rings. The molecule has 89 valence electrons. The Bertz CT molecular complexity index is 305. The fourth-order valence-electron chi connectivity index (χ4n) is 1.30. The van der Waals surface area contributed by atoms with Crippen molar-refractivity contribution in [1.82, 2.24) is 0 Å². The van der Waals surface area contributed by atoms with Crippen LogP contribution in [0.3, 0.4) is 0 Å². The van der Waals surface area contributed by atoms with Gasteiger partial charge in [-0.05, 0) is 24.6 Å². The molecular weight excluding hydrogens is 222 g/mol. The lowest BCUT2D eigenvalue weighted by molar-refractivity contribution is 0.266. The zero-order valence-corrected chi connectivity index (χ0v) is 10.7. The Morgan fingerprint density at radius 3 is 2.62 bits per heavy atom. The second kappa shape index (κ2) is 7.27. The van der Waals surface area contributed by atoms with Crippen LogP contribution >= 0.6 is 0 Å². The number of rotatable bonds is 7. The Morgan fingerprint density at radius 2 is 2.00 bits per heavy atom. The maximum atomic E-state index is 5.64. The van der Waals surface area contributed by atoms with E-state index in [1.807, 2.05) is 24.3 Å². The highest BCUT2D eigenvalue weighted by Crippen LogP contribution is 2.14. The van der Waals surface area contributed by atoms with Gasteiger partial charge in [0.15, 0.2) is 0 Å². The topological polar surface area (TPSA) is 53.7 Å². The zero-order chi connectivity index (χ0) is 11.8. The fraction of sp³-hybridized carbons (Fsp3) is 0.455. The smallest absolute Gasteiger partial charge is 0.384 e. The largest absolute Gasteiger partial charge is 0.494 e. The summed E-state index contributed by atoms with van der Waals surface area (Å²) < 4.78 is 15.9. The van der Waals surface area contributed by atoms with Crippen molar-refractivity contribution in [3.8, 4) is 5.75 Å². The second-order valence-corrected chi connectivity index (χ2v) is 5.37. The van der Waals surface area contributed by atoms with E-state index in [0.29, 0.717) is 6.61 Å². The van der Waals surface area contributed by atoms with Gasteiger partial charge in [0.25, 0.3) is 0 Å². The number of benzene rings is 1. The number of hydrogen-bond acceptors (Lipinski definition) is 4. The summed E-state index contributed by atoms with van der Waals surface area (Å²) in [4.78, 5) is 0. The first-order valence-corrected chi connectivity index (χ1v) is 6.70. The summed E-state index contributed by atoms with van der Waals surface area (Å²) in [7, 11) is 2.26. The number of hydrogen-bond donors (Lipinski definition) is 1. The predicted molar refractivity (Wildman–Crippen MR) is 65.5 cm³/mol. The van der Waals surface area contributed by atoms with Gasteiger partial charge in [0, 0.05) is 26.0 Å². The standard InChI is InChI=1S/C11H18NO3Si/c1-13-16(14-2)8-4-7-15-11-6-3-5-10(12)9-11/h3,5-6,9H,4,7-8,12H2,1-2H3. The summed E-state index contributed by atoms with van der Waals surface area (Å²) in [5.74, 6) is 0.809. The van der Waals surface area contributed by atoms with Crippen LogP contribution in [0, 0.1) is 0 Å². The van der Waals surface area contributed by atoms with Crippen molar-refractivity contribution in [2.75, 3.05) is 26.6 Å². The summed E-state index contributed by atoms with van der Waals surface area (Å²) in [5, 5.41) is 0. The van der Waals surface area contributed by atoms with Crippen molar-refractivity contribution in [1.29, 1.82) is 0 Å². The maximum absolute atomic E-state index is 5.64. The fourth-order valence-corrected chi connectivity index (χ4v) is 2.31. The minimum Gasteiger partial charge on any atom is -0.494 e. The molecule has 2 N–H and O–H groups in total. The molecular formula is C11H18NO3Si. The molecule has 5 heteroatoms. The Morgan fingerprint density at radius 1 is 1.25 bits per heavy atom. The average molecular weight is 240 g/mol. The molecule has 0 bridgehead atoms.